The van der Waals surface area contributed by atoms with Crippen LogP contribution in [-0.2, 0) is 4.79 Å². The van der Waals surface area contributed by atoms with Crippen LogP contribution in [0.3, 0.4) is 0 Å². The molecule has 0 aromatic heterocycles. The summed E-state index contributed by atoms with van der Waals surface area (Å²) in [6.45, 7) is 7.43. The molecule has 0 aliphatic carbocycles. The molecule has 1 atom stereocenters. The van der Waals surface area contributed by atoms with Gasteiger partial charge in [0, 0.05) is 24.8 Å². The molecule has 1 aromatic carbocycles. The van der Waals surface area contributed by atoms with Gasteiger partial charge in [-0.25, -0.2) is 0 Å². The van der Waals surface area contributed by atoms with Gasteiger partial charge in [-0.3, -0.25) is 4.79 Å². The third-order valence-corrected chi connectivity index (χ3v) is 3.63. The number of rotatable bonds is 3. The van der Waals surface area contributed by atoms with Crippen LogP contribution in [0.4, 0.5) is 5.69 Å². The van der Waals surface area contributed by atoms with Gasteiger partial charge in [0.25, 0.3) is 5.91 Å². The molecule has 1 heterocycles. The van der Waals surface area contributed by atoms with E-state index in [4.69, 9.17) is 10.5 Å². The number of aryl methyl sites for hydroxylation is 2. The molecule has 1 amide bonds. The van der Waals surface area contributed by atoms with Crippen molar-refractivity contribution in [2.24, 2.45) is 0 Å². The van der Waals surface area contributed by atoms with E-state index in [-0.39, 0.29) is 5.91 Å². The molecule has 4 nitrogen and oxygen atoms in total. The van der Waals surface area contributed by atoms with Crippen LogP contribution >= 0.6 is 0 Å². The normalized spacial score (nSPS) is 16.5. The van der Waals surface area contributed by atoms with Crippen molar-refractivity contribution >= 4 is 11.6 Å². The number of amides is 1. The Hall–Kier alpha value is -1.71. The van der Waals surface area contributed by atoms with Crippen LogP contribution in [0.25, 0.3) is 0 Å². The number of anilines is 1. The second-order valence-electron chi connectivity index (χ2n) is 5.27. The monoisotopic (exact) mass is 262 g/mol. The van der Waals surface area contributed by atoms with E-state index in [0.717, 1.165) is 37.1 Å². The van der Waals surface area contributed by atoms with E-state index < -0.39 is 6.10 Å². The van der Waals surface area contributed by atoms with Crippen molar-refractivity contribution in [2.45, 2.75) is 39.7 Å². The smallest absolute Gasteiger partial charge is 0.263 e. The number of nitrogens with zero attached hydrogens (tertiary/aromatic N) is 1. The topological polar surface area (TPSA) is 55.6 Å². The van der Waals surface area contributed by atoms with E-state index in [2.05, 4.69) is 0 Å². The molecule has 1 aliphatic rings. The lowest BCUT2D eigenvalue weighted by Gasteiger charge is -2.22. The van der Waals surface area contributed by atoms with Gasteiger partial charge in [0.05, 0.1) is 0 Å². The molecule has 0 saturated carbocycles. The molecule has 0 spiro atoms. The Bertz CT molecular complexity index is 479. The van der Waals surface area contributed by atoms with Gasteiger partial charge in [0.2, 0.25) is 0 Å². The second kappa shape index (κ2) is 5.51. The van der Waals surface area contributed by atoms with Crippen LogP contribution in [0.2, 0.25) is 0 Å². The lowest BCUT2D eigenvalue weighted by atomic mass is 10.1. The van der Waals surface area contributed by atoms with Crippen LogP contribution in [0.15, 0.2) is 12.1 Å². The average Bonchev–Trinajstić information content (AvgIpc) is 2.88. The van der Waals surface area contributed by atoms with Crippen molar-refractivity contribution in [1.29, 1.82) is 0 Å². The number of hydrogen-bond donors (Lipinski definition) is 1. The first-order valence-corrected chi connectivity index (χ1v) is 6.81. The molecule has 2 rings (SSSR count). The molecular weight excluding hydrogens is 240 g/mol. The predicted octanol–water partition coefficient (Wildman–Crippen LogP) is 2.28. The minimum atomic E-state index is -0.459. The highest BCUT2D eigenvalue weighted by molar-refractivity contribution is 5.81. The highest BCUT2D eigenvalue weighted by Gasteiger charge is 2.24. The van der Waals surface area contributed by atoms with Crippen molar-refractivity contribution in [2.75, 3.05) is 18.8 Å². The molecule has 104 valence electrons. The minimum Gasteiger partial charge on any atom is -0.481 e. The summed E-state index contributed by atoms with van der Waals surface area (Å²) in [5, 5.41) is 0. The molecular formula is C15H22N2O2. The van der Waals surface area contributed by atoms with Crippen molar-refractivity contribution < 1.29 is 9.53 Å². The first kappa shape index (κ1) is 13.7. The predicted molar refractivity (Wildman–Crippen MR) is 76.2 cm³/mol. The number of nitrogen functional groups attached to an aromatic ring is 1. The average molecular weight is 262 g/mol. The Morgan fingerprint density at radius 1 is 1.26 bits per heavy atom. The lowest BCUT2D eigenvalue weighted by Crippen LogP contribution is -2.38. The van der Waals surface area contributed by atoms with Crippen LogP contribution in [0, 0.1) is 13.8 Å². The molecule has 0 radical (unpaired) electrons. The largest absolute Gasteiger partial charge is 0.481 e. The molecule has 1 aliphatic heterocycles. The number of likely N-dealkylation sites (tertiary alicyclic amines) is 1. The summed E-state index contributed by atoms with van der Waals surface area (Å²) in [7, 11) is 0. The molecule has 2 N–H and O–H groups in total. The lowest BCUT2D eigenvalue weighted by molar-refractivity contribution is -0.136. The minimum absolute atomic E-state index is 0.0658. The maximum absolute atomic E-state index is 12.2. The van der Waals surface area contributed by atoms with E-state index in [1.165, 1.54) is 0 Å². The molecule has 1 saturated heterocycles. The van der Waals surface area contributed by atoms with Crippen molar-refractivity contribution in [3.05, 3.63) is 23.3 Å². The van der Waals surface area contributed by atoms with Gasteiger partial charge in [-0.05, 0) is 44.7 Å². The van der Waals surface area contributed by atoms with E-state index in [1.807, 2.05) is 24.8 Å². The fraction of sp³-hybridized carbons (Fsp3) is 0.533. The summed E-state index contributed by atoms with van der Waals surface area (Å²) in [4.78, 5) is 14.1. The second-order valence-corrected chi connectivity index (χ2v) is 5.27. The van der Waals surface area contributed by atoms with E-state index in [9.17, 15) is 4.79 Å². The third-order valence-electron chi connectivity index (χ3n) is 3.63. The summed E-state index contributed by atoms with van der Waals surface area (Å²) in [5.74, 6) is 0.763. The van der Waals surface area contributed by atoms with E-state index in [0.29, 0.717) is 11.4 Å². The Morgan fingerprint density at radius 3 is 2.53 bits per heavy atom. The highest BCUT2D eigenvalue weighted by atomic mass is 16.5. The van der Waals surface area contributed by atoms with Crippen molar-refractivity contribution in [1.82, 2.24) is 4.90 Å². The molecule has 1 unspecified atom stereocenters. The van der Waals surface area contributed by atoms with Gasteiger partial charge in [0.15, 0.2) is 6.10 Å². The van der Waals surface area contributed by atoms with E-state index >= 15 is 0 Å². The maximum Gasteiger partial charge on any atom is 0.263 e. The SMILES string of the molecule is Cc1cc(C)c(OC(C)C(=O)N2CCCC2)cc1N. The number of nitrogens with two attached hydrogens (primary N) is 1. The summed E-state index contributed by atoms with van der Waals surface area (Å²) in [5.41, 5.74) is 8.62. The first-order valence-electron chi connectivity index (χ1n) is 6.81. The molecule has 1 aromatic rings. The van der Waals surface area contributed by atoms with Gasteiger partial charge in [-0.15, -0.1) is 0 Å². The Labute approximate surface area is 114 Å². The van der Waals surface area contributed by atoms with Crippen LogP contribution in [0.5, 0.6) is 5.75 Å². The standard InChI is InChI=1S/C15H22N2O2/c1-10-8-11(2)14(9-13(10)16)19-12(3)15(18)17-6-4-5-7-17/h8-9,12H,4-7,16H2,1-3H3. The molecule has 1 fully saturated rings. The fourth-order valence-corrected chi connectivity index (χ4v) is 2.41. The Balaban J connectivity index is 2.08. The summed E-state index contributed by atoms with van der Waals surface area (Å²) in [6.07, 6.45) is 1.73. The first-order chi connectivity index (χ1) is 8.99. The van der Waals surface area contributed by atoms with Crippen LogP contribution in [0.1, 0.15) is 30.9 Å². The van der Waals surface area contributed by atoms with E-state index in [1.54, 1.807) is 13.0 Å². The summed E-state index contributed by atoms with van der Waals surface area (Å²) in [6, 6.07) is 3.79. The van der Waals surface area contributed by atoms with Gasteiger partial charge >= 0.3 is 0 Å². The molecule has 4 heteroatoms. The zero-order valence-corrected chi connectivity index (χ0v) is 11.9. The highest BCUT2D eigenvalue weighted by Crippen LogP contribution is 2.25. The zero-order chi connectivity index (χ0) is 14.0. The Morgan fingerprint density at radius 2 is 1.89 bits per heavy atom. The molecule has 0 bridgehead atoms. The number of benzene rings is 1. The number of hydrogen-bond acceptors (Lipinski definition) is 3. The number of carbonyl (C=O) groups is 1. The van der Waals surface area contributed by atoms with Gasteiger partial charge < -0.3 is 15.4 Å². The van der Waals surface area contributed by atoms with Crippen LogP contribution < -0.4 is 10.5 Å². The third kappa shape index (κ3) is 3.00. The fourth-order valence-electron chi connectivity index (χ4n) is 2.41. The Kier molecular flexibility index (Phi) is 3.98. The number of ether oxygens (including phenoxy) is 1. The van der Waals surface area contributed by atoms with Gasteiger partial charge in [-0.2, -0.15) is 0 Å². The summed E-state index contributed by atoms with van der Waals surface area (Å²) < 4.78 is 5.78. The zero-order valence-electron chi connectivity index (χ0n) is 11.9. The van der Waals surface area contributed by atoms with Crippen molar-refractivity contribution in [3.63, 3.8) is 0 Å². The number of carbonyl (C=O) groups excluding carboxylic acids is 1. The van der Waals surface area contributed by atoms with Gasteiger partial charge in [0.1, 0.15) is 5.75 Å². The van der Waals surface area contributed by atoms with Crippen LogP contribution in [-0.4, -0.2) is 30.0 Å². The van der Waals surface area contributed by atoms with Gasteiger partial charge in [-0.1, -0.05) is 6.07 Å². The maximum atomic E-state index is 12.2. The quantitative estimate of drug-likeness (QED) is 0.850. The molecule has 19 heavy (non-hydrogen) atoms. The van der Waals surface area contributed by atoms with Crippen molar-refractivity contribution in [3.8, 4) is 5.75 Å². The summed E-state index contributed by atoms with van der Waals surface area (Å²) >= 11 is 0.